The summed E-state index contributed by atoms with van der Waals surface area (Å²) in [5.74, 6) is 1.25. The molecule has 1 aliphatic carbocycles. The van der Waals surface area contributed by atoms with E-state index in [0.717, 1.165) is 24.0 Å². The molecule has 0 bridgehead atoms. The fourth-order valence-electron chi connectivity index (χ4n) is 3.18. The van der Waals surface area contributed by atoms with Gasteiger partial charge in [0.25, 0.3) is 0 Å². The lowest BCUT2D eigenvalue weighted by molar-refractivity contribution is 0.111. The van der Waals surface area contributed by atoms with Crippen molar-refractivity contribution in [3.05, 3.63) is 88.3 Å². The zero-order valence-electron chi connectivity index (χ0n) is 15.1. The number of aldehydes is 1. The number of halogens is 1. The van der Waals surface area contributed by atoms with Gasteiger partial charge in [0.15, 0.2) is 6.29 Å². The normalized spacial score (nSPS) is 15.6. The van der Waals surface area contributed by atoms with Crippen LogP contribution in [0.2, 0.25) is 5.02 Å². The summed E-state index contributed by atoms with van der Waals surface area (Å²) in [7, 11) is 0. The molecule has 2 atom stereocenters. The molecule has 1 aromatic heterocycles. The summed E-state index contributed by atoms with van der Waals surface area (Å²) in [4.78, 5) is 20.3. The Morgan fingerprint density at radius 3 is 2.18 bits per heavy atom. The Balaban J connectivity index is 1.74. The maximum Gasteiger partial charge on any atom is 0.170 e. The standard InChI is InChI=1S/C22H20ClN3O2/c23-18-17(13-27)24-21(16-11-12-16)26-22(18)25-19(14-7-3-1-4-8-14)20(28)15-9-5-2-6-10-15/h1-10,13,16,19-20,28H,11-12H2,(H,24,25,26)/t19-,20+/m1/s1. The first kappa shape index (κ1) is 18.6. The minimum absolute atomic E-state index is 0.167. The zero-order chi connectivity index (χ0) is 19.5. The maximum absolute atomic E-state index is 11.4. The molecule has 2 aromatic carbocycles. The molecular weight excluding hydrogens is 374 g/mol. The molecule has 28 heavy (non-hydrogen) atoms. The number of anilines is 1. The Hall–Kier alpha value is -2.76. The number of carbonyl (C=O) groups is 1. The van der Waals surface area contributed by atoms with Crippen molar-refractivity contribution < 1.29 is 9.90 Å². The summed E-state index contributed by atoms with van der Waals surface area (Å²) in [5.41, 5.74) is 1.82. The fourth-order valence-corrected chi connectivity index (χ4v) is 3.36. The molecule has 142 valence electrons. The summed E-state index contributed by atoms with van der Waals surface area (Å²) in [5, 5.41) is 14.5. The van der Waals surface area contributed by atoms with Gasteiger partial charge in [0.05, 0.1) is 6.04 Å². The van der Waals surface area contributed by atoms with E-state index in [4.69, 9.17) is 11.6 Å². The minimum Gasteiger partial charge on any atom is -0.386 e. The Kier molecular flexibility index (Phi) is 5.37. The van der Waals surface area contributed by atoms with Gasteiger partial charge in [-0.1, -0.05) is 72.3 Å². The second-order valence-electron chi connectivity index (χ2n) is 6.91. The molecule has 5 nitrogen and oxygen atoms in total. The van der Waals surface area contributed by atoms with Crippen molar-refractivity contribution >= 4 is 23.7 Å². The second-order valence-corrected chi connectivity index (χ2v) is 7.29. The third-order valence-corrected chi connectivity index (χ3v) is 5.23. The number of aliphatic hydroxyl groups excluding tert-OH is 1. The Bertz CT molecular complexity index is 962. The molecule has 0 amide bonds. The van der Waals surface area contributed by atoms with E-state index in [1.54, 1.807) is 0 Å². The quantitative estimate of drug-likeness (QED) is 0.569. The van der Waals surface area contributed by atoms with Crippen molar-refractivity contribution in [3.63, 3.8) is 0 Å². The van der Waals surface area contributed by atoms with Crippen LogP contribution in [0.15, 0.2) is 60.7 Å². The molecule has 1 saturated carbocycles. The first-order valence-electron chi connectivity index (χ1n) is 9.24. The number of aliphatic hydroxyl groups is 1. The van der Waals surface area contributed by atoms with Gasteiger partial charge < -0.3 is 10.4 Å². The van der Waals surface area contributed by atoms with Gasteiger partial charge in [-0.25, -0.2) is 9.97 Å². The third kappa shape index (κ3) is 3.91. The van der Waals surface area contributed by atoms with Crippen LogP contribution in [-0.2, 0) is 0 Å². The van der Waals surface area contributed by atoms with Crippen LogP contribution in [0.5, 0.6) is 0 Å². The lowest BCUT2D eigenvalue weighted by Gasteiger charge is -2.26. The predicted molar refractivity (Wildman–Crippen MR) is 109 cm³/mol. The van der Waals surface area contributed by atoms with Crippen molar-refractivity contribution in [3.8, 4) is 0 Å². The maximum atomic E-state index is 11.4. The minimum atomic E-state index is -0.835. The van der Waals surface area contributed by atoms with Crippen LogP contribution < -0.4 is 5.32 Å². The number of nitrogens with zero attached hydrogens (tertiary/aromatic N) is 2. The largest absolute Gasteiger partial charge is 0.386 e. The molecule has 4 rings (SSSR count). The predicted octanol–water partition coefficient (Wildman–Crippen LogP) is 4.71. The summed E-state index contributed by atoms with van der Waals surface area (Å²) in [6.45, 7) is 0. The Morgan fingerprint density at radius 2 is 1.61 bits per heavy atom. The SMILES string of the molecule is O=Cc1nc(C2CC2)nc(N[C@H](c2ccccc2)[C@@H](O)c2ccccc2)c1Cl. The van der Waals surface area contributed by atoms with Crippen molar-refractivity contribution in [2.45, 2.75) is 30.9 Å². The summed E-state index contributed by atoms with van der Waals surface area (Å²) < 4.78 is 0. The van der Waals surface area contributed by atoms with Gasteiger partial charge in [-0.15, -0.1) is 0 Å². The molecular formula is C22H20ClN3O2. The van der Waals surface area contributed by atoms with Crippen molar-refractivity contribution in [1.82, 2.24) is 9.97 Å². The first-order valence-corrected chi connectivity index (χ1v) is 9.62. The smallest absolute Gasteiger partial charge is 0.170 e. The monoisotopic (exact) mass is 393 g/mol. The van der Waals surface area contributed by atoms with Gasteiger partial charge >= 0.3 is 0 Å². The highest BCUT2D eigenvalue weighted by Gasteiger charge is 2.30. The van der Waals surface area contributed by atoms with E-state index in [1.165, 1.54) is 0 Å². The van der Waals surface area contributed by atoms with Gasteiger partial charge in [-0.3, -0.25) is 4.79 Å². The van der Waals surface area contributed by atoms with E-state index in [2.05, 4.69) is 15.3 Å². The van der Waals surface area contributed by atoms with Crippen LogP contribution in [0, 0.1) is 0 Å². The van der Waals surface area contributed by atoms with Gasteiger partial charge in [0, 0.05) is 5.92 Å². The number of carbonyl (C=O) groups excluding carboxylic acids is 1. The van der Waals surface area contributed by atoms with Crippen molar-refractivity contribution in [1.29, 1.82) is 0 Å². The van der Waals surface area contributed by atoms with Crippen LogP contribution in [0.25, 0.3) is 0 Å². The number of benzene rings is 2. The zero-order valence-corrected chi connectivity index (χ0v) is 15.9. The molecule has 0 saturated heterocycles. The average molecular weight is 394 g/mol. The van der Waals surface area contributed by atoms with Crippen molar-refractivity contribution in [2.75, 3.05) is 5.32 Å². The van der Waals surface area contributed by atoms with Gasteiger partial charge in [0.1, 0.15) is 28.5 Å². The lowest BCUT2D eigenvalue weighted by atomic mass is 9.96. The summed E-state index contributed by atoms with van der Waals surface area (Å²) in [6, 6.07) is 18.5. The van der Waals surface area contributed by atoms with E-state index in [0.29, 0.717) is 17.9 Å². The summed E-state index contributed by atoms with van der Waals surface area (Å²) >= 11 is 6.39. The van der Waals surface area contributed by atoms with Crippen LogP contribution in [0.1, 0.15) is 58.3 Å². The molecule has 0 spiro atoms. The topological polar surface area (TPSA) is 75.1 Å². The molecule has 3 aromatic rings. The van der Waals surface area contributed by atoms with E-state index >= 15 is 0 Å². The molecule has 0 unspecified atom stereocenters. The number of hydrogen-bond donors (Lipinski definition) is 2. The fraction of sp³-hybridized carbons (Fsp3) is 0.227. The molecule has 1 fully saturated rings. The van der Waals surface area contributed by atoms with Crippen molar-refractivity contribution in [2.24, 2.45) is 0 Å². The third-order valence-electron chi connectivity index (χ3n) is 4.86. The average Bonchev–Trinajstić information content (AvgIpc) is 3.59. The molecule has 1 aliphatic rings. The number of hydrogen-bond acceptors (Lipinski definition) is 5. The molecule has 1 heterocycles. The number of rotatable bonds is 7. The molecule has 2 N–H and O–H groups in total. The summed E-state index contributed by atoms with van der Waals surface area (Å²) in [6.07, 6.45) is 1.83. The highest BCUT2D eigenvalue weighted by Crippen LogP contribution is 2.40. The van der Waals surface area contributed by atoms with Crippen LogP contribution >= 0.6 is 11.6 Å². The second kappa shape index (κ2) is 8.09. The van der Waals surface area contributed by atoms with Crippen LogP contribution in [0.3, 0.4) is 0 Å². The lowest BCUT2D eigenvalue weighted by Crippen LogP contribution is -2.21. The van der Waals surface area contributed by atoms with E-state index < -0.39 is 12.1 Å². The Labute approximate surface area is 168 Å². The highest BCUT2D eigenvalue weighted by atomic mass is 35.5. The van der Waals surface area contributed by atoms with E-state index in [1.807, 2.05) is 60.7 Å². The first-order chi connectivity index (χ1) is 13.7. The van der Waals surface area contributed by atoms with Gasteiger partial charge in [-0.05, 0) is 24.0 Å². The highest BCUT2D eigenvalue weighted by molar-refractivity contribution is 6.35. The van der Waals surface area contributed by atoms with Gasteiger partial charge in [-0.2, -0.15) is 0 Å². The van der Waals surface area contributed by atoms with Crippen LogP contribution in [-0.4, -0.2) is 21.4 Å². The number of nitrogens with one attached hydrogen (secondary N) is 1. The molecule has 0 radical (unpaired) electrons. The van der Waals surface area contributed by atoms with E-state index in [-0.39, 0.29) is 16.6 Å². The molecule has 6 heteroatoms. The Morgan fingerprint density at radius 1 is 1.00 bits per heavy atom. The number of aromatic nitrogens is 2. The van der Waals surface area contributed by atoms with Gasteiger partial charge in [0.2, 0.25) is 0 Å². The molecule has 0 aliphatic heterocycles. The van der Waals surface area contributed by atoms with Crippen LogP contribution in [0.4, 0.5) is 5.82 Å². The van der Waals surface area contributed by atoms with E-state index in [9.17, 15) is 9.90 Å².